The van der Waals surface area contributed by atoms with Crippen molar-refractivity contribution < 1.29 is 14.3 Å². The Morgan fingerprint density at radius 2 is 2.17 bits per heavy atom. The van der Waals surface area contributed by atoms with E-state index in [1.165, 1.54) is 0 Å². The van der Waals surface area contributed by atoms with Crippen LogP contribution in [0.3, 0.4) is 0 Å². The van der Waals surface area contributed by atoms with Gasteiger partial charge in [0.25, 0.3) is 5.91 Å². The Labute approximate surface area is 147 Å². The van der Waals surface area contributed by atoms with Crippen molar-refractivity contribution in [1.82, 2.24) is 15.6 Å². The zero-order valence-corrected chi connectivity index (χ0v) is 15.7. The normalized spacial score (nSPS) is 16.3. The van der Waals surface area contributed by atoms with E-state index in [1.807, 2.05) is 14.0 Å². The number of aromatic nitrogens is 1. The third-order valence-corrected chi connectivity index (χ3v) is 5.13. The molecular weight excluding hydrogens is 328 g/mol. The summed E-state index contributed by atoms with van der Waals surface area (Å²) in [4.78, 5) is 20.1. The zero-order valence-electron chi connectivity index (χ0n) is 14.9. The van der Waals surface area contributed by atoms with Gasteiger partial charge in [0.1, 0.15) is 5.69 Å². The van der Waals surface area contributed by atoms with Gasteiger partial charge in [-0.3, -0.25) is 4.79 Å². The van der Waals surface area contributed by atoms with E-state index in [-0.39, 0.29) is 12.2 Å². The predicted molar refractivity (Wildman–Crippen MR) is 95.9 cm³/mol. The van der Waals surface area contributed by atoms with Crippen LogP contribution in [0.1, 0.15) is 35.6 Å². The molecule has 0 radical (unpaired) electrons. The van der Waals surface area contributed by atoms with Crippen molar-refractivity contribution in [3.05, 3.63) is 10.6 Å². The third-order valence-electron chi connectivity index (χ3n) is 4.10. The van der Waals surface area contributed by atoms with E-state index in [1.54, 1.807) is 11.3 Å². The first-order chi connectivity index (χ1) is 11.5. The van der Waals surface area contributed by atoms with Gasteiger partial charge >= 0.3 is 0 Å². The number of nitrogens with one attached hydrogen (secondary N) is 2. The fourth-order valence-electron chi connectivity index (χ4n) is 2.40. The Morgan fingerprint density at radius 3 is 2.79 bits per heavy atom. The van der Waals surface area contributed by atoms with E-state index in [0.717, 1.165) is 29.5 Å². The fraction of sp³-hybridized carbons (Fsp3) is 0.750. The van der Waals surface area contributed by atoms with Crippen LogP contribution in [-0.4, -0.2) is 63.1 Å². The summed E-state index contributed by atoms with van der Waals surface area (Å²) >= 11 is 1.56. The van der Waals surface area contributed by atoms with Crippen LogP contribution in [0, 0.1) is 6.92 Å². The van der Waals surface area contributed by atoms with Crippen LogP contribution in [0.15, 0.2) is 0 Å². The molecular formula is C16H28N4O3S. The molecule has 0 saturated carbocycles. The van der Waals surface area contributed by atoms with Gasteiger partial charge in [0, 0.05) is 24.0 Å². The molecule has 1 atom stereocenters. The predicted octanol–water partition coefficient (Wildman–Crippen LogP) is 1.38. The first kappa shape index (κ1) is 19.1. The summed E-state index contributed by atoms with van der Waals surface area (Å²) < 4.78 is 10.7. The van der Waals surface area contributed by atoms with E-state index in [2.05, 4.69) is 34.4 Å². The van der Waals surface area contributed by atoms with Crippen molar-refractivity contribution >= 4 is 22.4 Å². The molecule has 1 aliphatic rings. The van der Waals surface area contributed by atoms with Crippen molar-refractivity contribution in [3.63, 3.8) is 0 Å². The van der Waals surface area contributed by atoms with Gasteiger partial charge in [0.2, 0.25) is 0 Å². The topological polar surface area (TPSA) is 75.7 Å². The van der Waals surface area contributed by atoms with Gasteiger partial charge < -0.3 is 25.0 Å². The molecule has 1 aromatic heterocycles. The Morgan fingerprint density at radius 1 is 1.46 bits per heavy atom. The molecule has 1 aliphatic heterocycles. The quantitative estimate of drug-likeness (QED) is 0.696. The van der Waals surface area contributed by atoms with E-state index < -0.39 is 0 Å². The van der Waals surface area contributed by atoms with Crippen molar-refractivity contribution in [2.75, 3.05) is 44.8 Å². The van der Waals surface area contributed by atoms with Crippen LogP contribution in [0.5, 0.6) is 0 Å². The SMILES string of the molecule is CCN(CC[C@@H](C)NC)c1nc(C(=O)NCC2OCCO2)c(C)s1. The lowest BCUT2D eigenvalue weighted by atomic mass is 10.2. The molecule has 1 aromatic rings. The fourth-order valence-corrected chi connectivity index (χ4v) is 3.39. The number of hydrogen-bond donors (Lipinski definition) is 2. The maximum Gasteiger partial charge on any atom is 0.271 e. The van der Waals surface area contributed by atoms with Crippen LogP contribution in [0.4, 0.5) is 5.13 Å². The minimum atomic E-state index is -0.345. The highest BCUT2D eigenvalue weighted by molar-refractivity contribution is 7.15. The van der Waals surface area contributed by atoms with Crippen LogP contribution < -0.4 is 15.5 Å². The van der Waals surface area contributed by atoms with Crippen LogP contribution in [-0.2, 0) is 9.47 Å². The minimum Gasteiger partial charge on any atom is -0.348 e. The number of amides is 1. The molecule has 24 heavy (non-hydrogen) atoms. The van der Waals surface area contributed by atoms with E-state index in [0.29, 0.717) is 31.5 Å². The summed E-state index contributed by atoms with van der Waals surface area (Å²) in [7, 11) is 1.97. The summed E-state index contributed by atoms with van der Waals surface area (Å²) in [6, 6.07) is 0.453. The second-order valence-electron chi connectivity index (χ2n) is 5.84. The molecule has 0 spiro atoms. The molecule has 0 aliphatic carbocycles. The molecule has 0 bridgehead atoms. The molecule has 7 nitrogen and oxygen atoms in total. The molecule has 0 unspecified atom stereocenters. The number of rotatable bonds is 9. The largest absolute Gasteiger partial charge is 0.348 e. The van der Waals surface area contributed by atoms with Gasteiger partial charge in [-0.05, 0) is 34.2 Å². The Hall–Kier alpha value is -1.22. The maximum absolute atomic E-state index is 12.4. The number of aryl methyl sites for hydroxylation is 1. The number of anilines is 1. The molecule has 1 amide bonds. The zero-order chi connectivity index (χ0) is 17.5. The van der Waals surface area contributed by atoms with E-state index >= 15 is 0 Å². The molecule has 1 fully saturated rings. The molecule has 2 N–H and O–H groups in total. The Balaban J connectivity index is 1.95. The van der Waals surface area contributed by atoms with Crippen LogP contribution >= 0.6 is 11.3 Å². The van der Waals surface area contributed by atoms with Gasteiger partial charge in [-0.1, -0.05) is 0 Å². The summed E-state index contributed by atoms with van der Waals surface area (Å²) in [6.07, 6.45) is 0.684. The molecule has 8 heteroatoms. The number of ether oxygens (including phenoxy) is 2. The van der Waals surface area contributed by atoms with Crippen LogP contribution in [0.25, 0.3) is 0 Å². The molecule has 2 rings (SSSR count). The maximum atomic E-state index is 12.4. The molecule has 136 valence electrons. The Kier molecular flexibility index (Phi) is 7.41. The summed E-state index contributed by atoms with van der Waals surface area (Å²) in [6.45, 7) is 9.49. The van der Waals surface area contributed by atoms with Crippen molar-refractivity contribution in [3.8, 4) is 0 Å². The van der Waals surface area contributed by atoms with E-state index in [9.17, 15) is 4.79 Å². The van der Waals surface area contributed by atoms with Gasteiger partial charge in [-0.15, -0.1) is 11.3 Å². The number of thiazole rings is 1. The van der Waals surface area contributed by atoms with Gasteiger partial charge in [0.05, 0.1) is 19.8 Å². The molecule has 2 heterocycles. The lowest BCUT2D eigenvalue weighted by Crippen LogP contribution is -2.33. The average molecular weight is 356 g/mol. The molecule has 0 aromatic carbocycles. The Bertz CT molecular complexity index is 531. The smallest absolute Gasteiger partial charge is 0.271 e. The van der Waals surface area contributed by atoms with Gasteiger partial charge in [-0.2, -0.15) is 0 Å². The van der Waals surface area contributed by atoms with Crippen molar-refractivity contribution in [2.45, 2.75) is 39.5 Å². The number of carbonyl (C=O) groups is 1. The highest BCUT2D eigenvalue weighted by Gasteiger charge is 2.21. The highest BCUT2D eigenvalue weighted by Crippen LogP contribution is 2.26. The summed E-state index contributed by atoms with van der Waals surface area (Å²) in [5.74, 6) is -0.172. The monoisotopic (exact) mass is 356 g/mol. The third kappa shape index (κ3) is 5.14. The highest BCUT2D eigenvalue weighted by atomic mass is 32.1. The van der Waals surface area contributed by atoms with Gasteiger partial charge in [0.15, 0.2) is 11.4 Å². The summed E-state index contributed by atoms with van der Waals surface area (Å²) in [5.41, 5.74) is 0.494. The van der Waals surface area contributed by atoms with E-state index in [4.69, 9.17) is 9.47 Å². The first-order valence-corrected chi connectivity index (χ1v) is 9.27. The number of carbonyl (C=O) groups excluding carboxylic acids is 1. The average Bonchev–Trinajstić information content (AvgIpc) is 3.22. The molecule has 1 saturated heterocycles. The second-order valence-corrected chi connectivity index (χ2v) is 7.02. The lowest BCUT2D eigenvalue weighted by molar-refractivity contribution is -0.0379. The number of hydrogen-bond acceptors (Lipinski definition) is 7. The van der Waals surface area contributed by atoms with Gasteiger partial charge in [-0.25, -0.2) is 4.98 Å². The van der Waals surface area contributed by atoms with Crippen molar-refractivity contribution in [1.29, 1.82) is 0 Å². The lowest BCUT2D eigenvalue weighted by Gasteiger charge is -2.21. The van der Waals surface area contributed by atoms with Crippen molar-refractivity contribution in [2.24, 2.45) is 0 Å². The first-order valence-electron chi connectivity index (χ1n) is 8.46. The number of nitrogens with zero attached hydrogens (tertiary/aromatic N) is 2. The summed E-state index contributed by atoms with van der Waals surface area (Å²) in [5, 5.41) is 6.98. The second kappa shape index (κ2) is 9.31. The van der Waals surface area contributed by atoms with Crippen LogP contribution in [0.2, 0.25) is 0 Å². The minimum absolute atomic E-state index is 0.172. The standard InChI is InChI=1S/C16H28N4O3S/c1-5-20(7-6-11(2)17-4)16-19-14(12(3)24-16)15(21)18-10-13-22-8-9-23-13/h11,13,17H,5-10H2,1-4H3,(H,18,21)/t11-/m1/s1.